The normalized spacial score (nSPS) is 11.8. The van der Waals surface area contributed by atoms with Crippen molar-refractivity contribution in [2.24, 2.45) is 4.99 Å². The number of nitrogens with one attached hydrogen (secondary N) is 2. The maximum absolute atomic E-state index is 12.6. The zero-order chi connectivity index (χ0) is 21.2. The van der Waals surface area contributed by atoms with Crippen LogP contribution in [0.4, 0.5) is 8.78 Å². The number of aromatic nitrogens is 2. The van der Waals surface area contributed by atoms with Gasteiger partial charge in [-0.1, -0.05) is 19.0 Å². The van der Waals surface area contributed by atoms with Gasteiger partial charge in [0.25, 0.3) is 0 Å². The molecule has 0 aliphatic carbocycles. The first kappa shape index (κ1) is 22.4. The van der Waals surface area contributed by atoms with E-state index in [1.54, 1.807) is 12.1 Å². The molecule has 160 valence electrons. The van der Waals surface area contributed by atoms with Crippen molar-refractivity contribution in [3.05, 3.63) is 35.5 Å². The lowest BCUT2D eigenvalue weighted by Crippen LogP contribution is -2.38. The van der Waals surface area contributed by atoms with Gasteiger partial charge in [0.2, 0.25) is 5.89 Å². The highest BCUT2D eigenvalue weighted by Crippen LogP contribution is 2.26. The van der Waals surface area contributed by atoms with E-state index in [1.807, 2.05) is 20.8 Å². The minimum atomic E-state index is -2.91. The molecule has 1 heterocycles. The van der Waals surface area contributed by atoms with Gasteiger partial charge in [0.1, 0.15) is 11.5 Å². The van der Waals surface area contributed by atoms with Crippen LogP contribution >= 0.6 is 0 Å². The molecular formula is C19H27F2N5O3. The van der Waals surface area contributed by atoms with Gasteiger partial charge >= 0.3 is 6.61 Å². The van der Waals surface area contributed by atoms with Gasteiger partial charge in [0, 0.05) is 31.0 Å². The summed E-state index contributed by atoms with van der Waals surface area (Å²) < 4.78 is 40.2. The molecular weight excluding hydrogens is 384 g/mol. The number of hydrogen-bond donors (Lipinski definition) is 2. The van der Waals surface area contributed by atoms with Crippen molar-refractivity contribution in [3.8, 4) is 11.5 Å². The molecule has 0 spiro atoms. The molecule has 8 nitrogen and oxygen atoms in total. The van der Waals surface area contributed by atoms with Crippen LogP contribution in [0.5, 0.6) is 11.5 Å². The van der Waals surface area contributed by atoms with Crippen molar-refractivity contribution >= 4 is 5.96 Å². The Labute approximate surface area is 168 Å². The van der Waals surface area contributed by atoms with Crippen LogP contribution in [-0.2, 0) is 13.0 Å². The van der Waals surface area contributed by atoms with E-state index in [-0.39, 0.29) is 18.2 Å². The van der Waals surface area contributed by atoms with Gasteiger partial charge in [-0.15, -0.1) is 0 Å². The monoisotopic (exact) mass is 411 g/mol. The van der Waals surface area contributed by atoms with Gasteiger partial charge in [-0.25, -0.2) is 4.99 Å². The zero-order valence-electron chi connectivity index (χ0n) is 17.0. The van der Waals surface area contributed by atoms with Crippen LogP contribution in [-0.4, -0.2) is 42.9 Å². The van der Waals surface area contributed by atoms with Crippen LogP contribution in [0, 0.1) is 0 Å². The van der Waals surface area contributed by atoms with Gasteiger partial charge < -0.3 is 24.6 Å². The molecule has 0 amide bonds. The molecule has 0 aliphatic heterocycles. The highest BCUT2D eigenvalue weighted by atomic mass is 19.3. The van der Waals surface area contributed by atoms with Gasteiger partial charge in [0.15, 0.2) is 11.8 Å². The minimum absolute atomic E-state index is 0.0625. The summed E-state index contributed by atoms with van der Waals surface area (Å²) in [6, 6.07) is 4.62. The van der Waals surface area contributed by atoms with Crippen LogP contribution in [0.3, 0.4) is 0 Å². The molecule has 1 aromatic heterocycles. The standard InChI is InChI=1S/C19H27F2N5O3/c1-5-22-19(23-9-8-16-25-17(12(2)3)26-29-16)24-11-13-10-14(27-4)6-7-15(13)28-18(20)21/h6-7,10,12,18H,5,8-9,11H2,1-4H3,(H2,22,23,24). The van der Waals surface area contributed by atoms with E-state index < -0.39 is 6.61 Å². The van der Waals surface area contributed by atoms with Gasteiger partial charge in [-0.2, -0.15) is 13.8 Å². The van der Waals surface area contributed by atoms with E-state index in [0.29, 0.717) is 48.5 Å². The van der Waals surface area contributed by atoms with Crippen LogP contribution in [0.1, 0.15) is 44.0 Å². The predicted molar refractivity (Wildman–Crippen MR) is 105 cm³/mol. The first-order chi connectivity index (χ1) is 13.9. The highest BCUT2D eigenvalue weighted by molar-refractivity contribution is 5.79. The van der Waals surface area contributed by atoms with Crippen LogP contribution in [0.15, 0.2) is 27.7 Å². The summed E-state index contributed by atoms with van der Waals surface area (Å²) in [6.07, 6.45) is 0.531. The molecule has 0 saturated heterocycles. The van der Waals surface area contributed by atoms with Crippen molar-refractivity contribution in [1.29, 1.82) is 0 Å². The molecule has 0 saturated carbocycles. The second-order valence-electron chi connectivity index (χ2n) is 6.43. The van der Waals surface area contributed by atoms with Gasteiger partial charge in [0.05, 0.1) is 13.7 Å². The molecule has 2 aromatic rings. The minimum Gasteiger partial charge on any atom is -0.497 e. The lowest BCUT2D eigenvalue weighted by Gasteiger charge is -2.13. The lowest BCUT2D eigenvalue weighted by atomic mass is 10.2. The van der Waals surface area contributed by atoms with Gasteiger partial charge in [-0.05, 0) is 25.1 Å². The molecule has 10 heteroatoms. The molecule has 0 unspecified atom stereocenters. The fourth-order valence-corrected chi connectivity index (χ4v) is 2.42. The molecule has 0 atom stereocenters. The van der Waals surface area contributed by atoms with E-state index in [2.05, 4.69) is 30.5 Å². The molecule has 0 radical (unpaired) electrons. The number of ether oxygens (including phenoxy) is 2. The van der Waals surface area contributed by atoms with Crippen LogP contribution in [0.2, 0.25) is 0 Å². The third-order valence-electron chi connectivity index (χ3n) is 3.87. The average Bonchev–Trinajstić information content (AvgIpc) is 3.16. The second-order valence-corrected chi connectivity index (χ2v) is 6.43. The zero-order valence-corrected chi connectivity index (χ0v) is 17.0. The van der Waals surface area contributed by atoms with E-state index in [9.17, 15) is 8.78 Å². The Morgan fingerprint density at radius 3 is 2.69 bits per heavy atom. The predicted octanol–water partition coefficient (Wildman–Crippen LogP) is 3.10. The van der Waals surface area contributed by atoms with Crippen molar-refractivity contribution in [2.75, 3.05) is 20.2 Å². The molecule has 2 N–H and O–H groups in total. The van der Waals surface area contributed by atoms with E-state index in [0.717, 1.165) is 0 Å². The van der Waals surface area contributed by atoms with Crippen molar-refractivity contribution in [1.82, 2.24) is 20.8 Å². The molecule has 2 rings (SSSR count). The quantitative estimate of drug-likeness (QED) is 0.458. The third-order valence-corrected chi connectivity index (χ3v) is 3.87. The fourth-order valence-electron chi connectivity index (χ4n) is 2.42. The number of halogens is 2. The topological polar surface area (TPSA) is 93.8 Å². The lowest BCUT2D eigenvalue weighted by molar-refractivity contribution is -0.0504. The number of aliphatic imine (C=N–C) groups is 1. The van der Waals surface area contributed by atoms with Gasteiger partial charge in [-0.3, -0.25) is 0 Å². The number of methoxy groups -OCH3 is 1. The number of nitrogens with zero attached hydrogens (tertiary/aromatic N) is 3. The summed E-state index contributed by atoms with van der Waals surface area (Å²) >= 11 is 0. The molecule has 0 bridgehead atoms. The summed E-state index contributed by atoms with van der Waals surface area (Å²) in [4.78, 5) is 8.76. The fraction of sp³-hybridized carbons (Fsp3) is 0.526. The Hall–Kier alpha value is -2.91. The van der Waals surface area contributed by atoms with Crippen LogP contribution < -0.4 is 20.1 Å². The first-order valence-corrected chi connectivity index (χ1v) is 9.39. The Kier molecular flexibility index (Phi) is 8.63. The van der Waals surface area contributed by atoms with Crippen molar-refractivity contribution in [3.63, 3.8) is 0 Å². The molecule has 29 heavy (non-hydrogen) atoms. The SMILES string of the molecule is CCNC(=NCc1cc(OC)ccc1OC(F)F)NCCc1nc(C(C)C)no1. The Bertz CT molecular complexity index is 796. The Balaban J connectivity index is 2.02. The molecule has 0 fully saturated rings. The highest BCUT2D eigenvalue weighted by Gasteiger charge is 2.12. The Morgan fingerprint density at radius 2 is 2.07 bits per heavy atom. The largest absolute Gasteiger partial charge is 0.497 e. The number of guanidine groups is 1. The average molecular weight is 411 g/mol. The summed E-state index contributed by atoms with van der Waals surface area (Å²) in [5.41, 5.74) is 0.486. The van der Waals surface area contributed by atoms with Crippen molar-refractivity contribution in [2.45, 2.75) is 46.3 Å². The maximum atomic E-state index is 12.6. The van der Waals surface area contributed by atoms with Crippen molar-refractivity contribution < 1.29 is 22.8 Å². The first-order valence-electron chi connectivity index (χ1n) is 9.39. The number of benzene rings is 1. The van der Waals surface area contributed by atoms with Crippen LogP contribution in [0.25, 0.3) is 0 Å². The van der Waals surface area contributed by atoms with E-state index in [4.69, 9.17) is 9.26 Å². The smallest absolute Gasteiger partial charge is 0.387 e. The number of hydrogen-bond acceptors (Lipinski definition) is 6. The van der Waals surface area contributed by atoms with E-state index >= 15 is 0 Å². The molecule has 1 aromatic carbocycles. The number of rotatable bonds is 10. The summed E-state index contributed by atoms with van der Waals surface area (Å²) in [5, 5.41) is 10.2. The van der Waals surface area contributed by atoms with E-state index in [1.165, 1.54) is 13.2 Å². The third kappa shape index (κ3) is 7.20. The molecule has 0 aliphatic rings. The second kappa shape index (κ2) is 11.2. The summed E-state index contributed by atoms with van der Waals surface area (Å²) in [5.74, 6) is 2.54. The Morgan fingerprint density at radius 1 is 1.28 bits per heavy atom. The summed E-state index contributed by atoms with van der Waals surface area (Å²) in [6.45, 7) is 4.29. The summed E-state index contributed by atoms with van der Waals surface area (Å²) in [7, 11) is 1.50. The number of alkyl halides is 2. The maximum Gasteiger partial charge on any atom is 0.387 e.